The Labute approximate surface area is 65.8 Å². The van der Waals surface area contributed by atoms with Gasteiger partial charge >= 0.3 is 0 Å². The lowest BCUT2D eigenvalue weighted by molar-refractivity contribution is 0.531. The van der Waals surface area contributed by atoms with Crippen LogP contribution in [-0.4, -0.2) is 9.55 Å². The molecule has 0 aliphatic heterocycles. The maximum absolute atomic E-state index is 5.81. The van der Waals surface area contributed by atoms with Crippen LogP contribution >= 0.6 is 11.6 Å². The van der Waals surface area contributed by atoms with E-state index in [2.05, 4.69) is 18.8 Å². The summed E-state index contributed by atoms with van der Waals surface area (Å²) in [6, 6.07) is 0.454. The van der Waals surface area contributed by atoms with Gasteiger partial charge in [-0.3, -0.25) is 0 Å². The standard InChI is InChI=1S/C7H11ClN2/c1-3-6(2)10-5-9-4-7(10)8/h4-6H,3H2,1-2H3. The summed E-state index contributed by atoms with van der Waals surface area (Å²) in [5.41, 5.74) is 0. The van der Waals surface area contributed by atoms with E-state index in [1.54, 1.807) is 12.5 Å². The summed E-state index contributed by atoms with van der Waals surface area (Å²) in [5.74, 6) is 0. The van der Waals surface area contributed by atoms with Crippen molar-refractivity contribution in [3.8, 4) is 0 Å². The molecular weight excluding hydrogens is 148 g/mol. The third kappa shape index (κ3) is 1.32. The molecule has 0 saturated carbocycles. The predicted octanol–water partition coefficient (Wildman–Crippen LogP) is 2.51. The summed E-state index contributed by atoms with van der Waals surface area (Å²) in [7, 11) is 0. The highest BCUT2D eigenvalue weighted by molar-refractivity contribution is 6.29. The molecule has 0 aromatic carbocycles. The molecule has 1 atom stereocenters. The number of halogens is 1. The normalized spacial score (nSPS) is 13.5. The maximum Gasteiger partial charge on any atom is 0.128 e. The molecule has 1 aromatic rings. The topological polar surface area (TPSA) is 17.8 Å². The average Bonchev–Trinajstić information content (AvgIpc) is 2.34. The van der Waals surface area contributed by atoms with Gasteiger partial charge in [0.15, 0.2) is 0 Å². The molecule has 3 heteroatoms. The predicted molar refractivity (Wildman–Crippen MR) is 42.2 cm³/mol. The molecule has 1 rings (SSSR count). The second kappa shape index (κ2) is 3.06. The quantitative estimate of drug-likeness (QED) is 0.647. The van der Waals surface area contributed by atoms with E-state index in [1.165, 1.54) is 0 Å². The van der Waals surface area contributed by atoms with Crippen molar-refractivity contribution < 1.29 is 0 Å². The first-order valence-corrected chi connectivity index (χ1v) is 3.80. The van der Waals surface area contributed by atoms with Crippen LogP contribution < -0.4 is 0 Å². The van der Waals surface area contributed by atoms with Crippen LogP contribution in [0.3, 0.4) is 0 Å². The number of nitrogens with zero attached hydrogens (tertiary/aromatic N) is 2. The number of hydrogen-bond acceptors (Lipinski definition) is 1. The fourth-order valence-corrected chi connectivity index (χ4v) is 1.08. The van der Waals surface area contributed by atoms with Gasteiger partial charge in [0.1, 0.15) is 5.15 Å². The molecule has 0 fully saturated rings. The molecule has 0 N–H and O–H groups in total. The number of rotatable bonds is 2. The van der Waals surface area contributed by atoms with E-state index in [0.717, 1.165) is 6.42 Å². The second-order valence-electron chi connectivity index (χ2n) is 2.38. The Kier molecular flexibility index (Phi) is 2.33. The highest BCUT2D eigenvalue weighted by Gasteiger charge is 2.03. The van der Waals surface area contributed by atoms with Crippen molar-refractivity contribution >= 4 is 11.6 Å². The highest BCUT2D eigenvalue weighted by Crippen LogP contribution is 2.16. The van der Waals surface area contributed by atoms with E-state index in [9.17, 15) is 0 Å². The zero-order valence-corrected chi connectivity index (χ0v) is 6.97. The maximum atomic E-state index is 5.81. The fourth-order valence-electron chi connectivity index (χ4n) is 0.810. The molecule has 0 saturated heterocycles. The molecule has 1 heterocycles. The monoisotopic (exact) mass is 158 g/mol. The number of imidazole rings is 1. The van der Waals surface area contributed by atoms with Gasteiger partial charge in [0.05, 0.1) is 12.5 Å². The minimum Gasteiger partial charge on any atom is -0.319 e. The van der Waals surface area contributed by atoms with Gasteiger partial charge in [-0.25, -0.2) is 4.98 Å². The van der Waals surface area contributed by atoms with E-state index in [0.29, 0.717) is 11.2 Å². The van der Waals surface area contributed by atoms with Crippen molar-refractivity contribution in [2.45, 2.75) is 26.3 Å². The van der Waals surface area contributed by atoms with Crippen LogP contribution in [0.5, 0.6) is 0 Å². The molecule has 2 nitrogen and oxygen atoms in total. The van der Waals surface area contributed by atoms with Crippen LogP contribution in [0, 0.1) is 0 Å². The van der Waals surface area contributed by atoms with Gasteiger partial charge in [-0.15, -0.1) is 0 Å². The fraction of sp³-hybridized carbons (Fsp3) is 0.571. The summed E-state index contributed by atoms with van der Waals surface area (Å²) in [5, 5.41) is 0.717. The van der Waals surface area contributed by atoms with Crippen LogP contribution in [0.15, 0.2) is 12.5 Å². The molecule has 1 unspecified atom stereocenters. The van der Waals surface area contributed by atoms with Gasteiger partial charge < -0.3 is 4.57 Å². The van der Waals surface area contributed by atoms with Crippen molar-refractivity contribution in [3.05, 3.63) is 17.7 Å². The Morgan fingerprint density at radius 1 is 1.80 bits per heavy atom. The summed E-state index contributed by atoms with van der Waals surface area (Å²) in [6.07, 6.45) is 4.50. The first kappa shape index (κ1) is 7.61. The lowest BCUT2D eigenvalue weighted by Gasteiger charge is -2.10. The molecule has 1 aromatic heterocycles. The van der Waals surface area contributed by atoms with Gasteiger partial charge in [-0.1, -0.05) is 18.5 Å². The van der Waals surface area contributed by atoms with E-state index in [-0.39, 0.29) is 0 Å². The van der Waals surface area contributed by atoms with Crippen LogP contribution in [-0.2, 0) is 0 Å². The molecule has 0 radical (unpaired) electrons. The first-order chi connectivity index (χ1) is 4.75. The van der Waals surface area contributed by atoms with Crippen molar-refractivity contribution in [2.24, 2.45) is 0 Å². The third-order valence-corrected chi connectivity index (χ3v) is 1.98. The zero-order valence-electron chi connectivity index (χ0n) is 6.21. The summed E-state index contributed by atoms with van der Waals surface area (Å²) in [6.45, 7) is 4.24. The largest absolute Gasteiger partial charge is 0.319 e. The van der Waals surface area contributed by atoms with Gasteiger partial charge in [0, 0.05) is 6.04 Å². The Morgan fingerprint density at radius 3 is 2.90 bits per heavy atom. The highest BCUT2D eigenvalue weighted by atomic mass is 35.5. The number of aromatic nitrogens is 2. The summed E-state index contributed by atoms with van der Waals surface area (Å²) < 4.78 is 1.96. The molecule has 0 aliphatic rings. The summed E-state index contributed by atoms with van der Waals surface area (Å²) >= 11 is 5.81. The zero-order chi connectivity index (χ0) is 7.56. The molecule has 0 aliphatic carbocycles. The molecule has 0 amide bonds. The third-order valence-electron chi connectivity index (χ3n) is 1.68. The number of hydrogen-bond donors (Lipinski definition) is 0. The van der Waals surface area contributed by atoms with Gasteiger partial charge in [0.25, 0.3) is 0 Å². The van der Waals surface area contributed by atoms with Gasteiger partial charge in [0.2, 0.25) is 0 Å². The van der Waals surface area contributed by atoms with Gasteiger partial charge in [-0.05, 0) is 13.3 Å². The Balaban J connectivity index is 2.82. The van der Waals surface area contributed by atoms with Crippen molar-refractivity contribution in [3.63, 3.8) is 0 Å². The minimum absolute atomic E-state index is 0.454. The Bertz CT molecular complexity index is 207. The SMILES string of the molecule is CCC(C)n1cncc1Cl. The lowest BCUT2D eigenvalue weighted by atomic mass is 10.3. The van der Waals surface area contributed by atoms with E-state index < -0.39 is 0 Å². The first-order valence-electron chi connectivity index (χ1n) is 3.43. The van der Waals surface area contributed by atoms with Crippen molar-refractivity contribution in [2.75, 3.05) is 0 Å². The lowest BCUT2D eigenvalue weighted by Crippen LogP contribution is -2.01. The van der Waals surface area contributed by atoms with Crippen molar-refractivity contribution in [1.29, 1.82) is 0 Å². The Hall–Kier alpha value is -0.500. The minimum atomic E-state index is 0.454. The van der Waals surface area contributed by atoms with E-state index >= 15 is 0 Å². The Morgan fingerprint density at radius 2 is 2.50 bits per heavy atom. The summed E-state index contributed by atoms with van der Waals surface area (Å²) in [4.78, 5) is 3.92. The van der Waals surface area contributed by atoms with Gasteiger partial charge in [-0.2, -0.15) is 0 Å². The van der Waals surface area contributed by atoms with E-state index in [1.807, 2.05) is 4.57 Å². The molecular formula is C7H11ClN2. The van der Waals surface area contributed by atoms with E-state index in [4.69, 9.17) is 11.6 Å². The second-order valence-corrected chi connectivity index (χ2v) is 2.77. The molecule has 0 bridgehead atoms. The molecule has 0 spiro atoms. The van der Waals surface area contributed by atoms with Crippen LogP contribution in [0.1, 0.15) is 26.3 Å². The average molecular weight is 159 g/mol. The molecule has 10 heavy (non-hydrogen) atoms. The smallest absolute Gasteiger partial charge is 0.128 e. The van der Waals surface area contributed by atoms with Crippen LogP contribution in [0.4, 0.5) is 0 Å². The molecule has 56 valence electrons. The van der Waals surface area contributed by atoms with Crippen molar-refractivity contribution in [1.82, 2.24) is 9.55 Å². The van der Waals surface area contributed by atoms with Crippen LogP contribution in [0.2, 0.25) is 5.15 Å². The van der Waals surface area contributed by atoms with Crippen LogP contribution in [0.25, 0.3) is 0 Å².